The number of rotatable bonds is 2. The molecule has 19 heavy (non-hydrogen) atoms. The molecule has 0 spiro atoms. The second-order valence-electron chi connectivity index (χ2n) is 5.38. The molecule has 3 rings (SSSR count). The van der Waals surface area contributed by atoms with E-state index in [1.165, 1.54) is 29.9 Å². The van der Waals surface area contributed by atoms with Crippen LogP contribution in [-0.4, -0.2) is 11.9 Å². The molecule has 0 saturated heterocycles. The second-order valence-corrected chi connectivity index (χ2v) is 6.47. The summed E-state index contributed by atoms with van der Waals surface area (Å²) in [5.74, 6) is 0.411. The van der Waals surface area contributed by atoms with Crippen LogP contribution < -0.4 is 5.32 Å². The summed E-state index contributed by atoms with van der Waals surface area (Å²) in [6.07, 6.45) is 3.31. The van der Waals surface area contributed by atoms with Crippen LogP contribution in [0.25, 0.3) is 10.1 Å². The van der Waals surface area contributed by atoms with E-state index in [-0.39, 0.29) is 11.7 Å². The Hall–Kier alpha value is -1.42. The van der Waals surface area contributed by atoms with E-state index in [0.29, 0.717) is 16.8 Å². The maximum Gasteiger partial charge on any atom is 0.261 e. The Morgan fingerprint density at radius 2 is 2.21 bits per heavy atom. The quantitative estimate of drug-likeness (QED) is 0.884. The van der Waals surface area contributed by atoms with Gasteiger partial charge in [0.2, 0.25) is 0 Å². The molecule has 2 aromatic rings. The Balaban J connectivity index is 1.78. The van der Waals surface area contributed by atoms with Gasteiger partial charge in [0.1, 0.15) is 5.82 Å². The summed E-state index contributed by atoms with van der Waals surface area (Å²) in [6.45, 7) is 2.22. The van der Waals surface area contributed by atoms with Crippen molar-refractivity contribution in [1.29, 1.82) is 0 Å². The summed E-state index contributed by atoms with van der Waals surface area (Å²) in [5.41, 5.74) is 0. The second kappa shape index (κ2) is 4.93. The third-order valence-corrected chi connectivity index (χ3v) is 4.83. The molecular weight excluding hydrogens is 261 g/mol. The van der Waals surface area contributed by atoms with Crippen LogP contribution in [0.3, 0.4) is 0 Å². The number of carbonyl (C=O) groups is 1. The average molecular weight is 277 g/mol. The van der Waals surface area contributed by atoms with Crippen LogP contribution in [0.4, 0.5) is 4.39 Å². The summed E-state index contributed by atoms with van der Waals surface area (Å²) in [4.78, 5) is 12.8. The molecule has 4 heteroatoms. The number of thiophene rings is 1. The normalized spacial score (nSPS) is 22.8. The highest BCUT2D eigenvalue weighted by molar-refractivity contribution is 7.20. The molecule has 1 heterocycles. The number of halogens is 1. The SMILES string of the molecule is CC1CCC(NC(=O)c2cc3ccc(F)cc3s2)C1. The topological polar surface area (TPSA) is 29.1 Å². The average Bonchev–Trinajstić information content (AvgIpc) is 2.95. The van der Waals surface area contributed by atoms with E-state index in [0.717, 1.165) is 22.9 Å². The zero-order valence-corrected chi connectivity index (χ0v) is 11.6. The van der Waals surface area contributed by atoms with Crippen molar-refractivity contribution in [2.24, 2.45) is 5.92 Å². The van der Waals surface area contributed by atoms with E-state index < -0.39 is 0 Å². The van der Waals surface area contributed by atoms with Gasteiger partial charge in [0.15, 0.2) is 0 Å². The minimum atomic E-state index is -0.258. The van der Waals surface area contributed by atoms with E-state index in [1.54, 1.807) is 6.07 Å². The molecule has 1 aromatic carbocycles. The van der Waals surface area contributed by atoms with Gasteiger partial charge in [0.05, 0.1) is 4.88 Å². The molecule has 1 aliphatic rings. The van der Waals surface area contributed by atoms with Gasteiger partial charge in [-0.3, -0.25) is 4.79 Å². The van der Waals surface area contributed by atoms with Crippen LogP contribution >= 0.6 is 11.3 Å². The van der Waals surface area contributed by atoms with Crippen LogP contribution in [-0.2, 0) is 0 Å². The number of hydrogen-bond donors (Lipinski definition) is 1. The molecule has 2 nitrogen and oxygen atoms in total. The van der Waals surface area contributed by atoms with E-state index in [1.807, 2.05) is 6.07 Å². The van der Waals surface area contributed by atoms with Crippen molar-refractivity contribution < 1.29 is 9.18 Å². The van der Waals surface area contributed by atoms with Gasteiger partial charge in [-0.25, -0.2) is 4.39 Å². The van der Waals surface area contributed by atoms with Crippen molar-refractivity contribution in [3.05, 3.63) is 35.0 Å². The summed E-state index contributed by atoms with van der Waals surface area (Å²) >= 11 is 1.35. The number of hydrogen-bond acceptors (Lipinski definition) is 2. The van der Waals surface area contributed by atoms with Gasteiger partial charge in [-0.15, -0.1) is 11.3 Å². The molecule has 1 amide bonds. The Labute approximate surface area is 115 Å². The first kappa shape index (κ1) is 12.6. The molecule has 0 radical (unpaired) electrons. The Kier molecular flexibility index (Phi) is 3.27. The van der Waals surface area contributed by atoms with Gasteiger partial charge in [-0.2, -0.15) is 0 Å². The van der Waals surface area contributed by atoms with Crippen molar-refractivity contribution in [1.82, 2.24) is 5.32 Å². The van der Waals surface area contributed by atoms with Crippen LogP contribution in [0.15, 0.2) is 24.3 Å². The first-order chi connectivity index (χ1) is 9.11. The first-order valence-electron chi connectivity index (χ1n) is 6.62. The van der Waals surface area contributed by atoms with Gasteiger partial charge in [0, 0.05) is 10.7 Å². The molecule has 1 aromatic heterocycles. The lowest BCUT2D eigenvalue weighted by molar-refractivity contribution is 0.0941. The van der Waals surface area contributed by atoms with Crippen LogP contribution in [0.2, 0.25) is 0 Å². The number of fused-ring (bicyclic) bond motifs is 1. The van der Waals surface area contributed by atoms with Gasteiger partial charge in [-0.1, -0.05) is 13.0 Å². The fourth-order valence-corrected chi connectivity index (χ4v) is 3.70. The molecule has 1 aliphatic carbocycles. The van der Waals surface area contributed by atoms with Crippen molar-refractivity contribution in [3.63, 3.8) is 0 Å². The summed E-state index contributed by atoms with van der Waals surface area (Å²) in [6, 6.07) is 6.76. The molecule has 2 atom stereocenters. The summed E-state index contributed by atoms with van der Waals surface area (Å²) in [5, 5.41) is 4.01. The number of benzene rings is 1. The number of carbonyl (C=O) groups excluding carboxylic acids is 1. The minimum absolute atomic E-state index is 0.0271. The van der Waals surface area contributed by atoms with Gasteiger partial charge >= 0.3 is 0 Å². The Morgan fingerprint density at radius 1 is 1.37 bits per heavy atom. The molecule has 1 N–H and O–H groups in total. The van der Waals surface area contributed by atoms with E-state index in [4.69, 9.17) is 0 Å². The van der Waals surface area contributed by atoms with Gasteiger partial charge < -0.3 is 5.32 Å². The number of amides is 1. The van der Waals surface area contributed by atoms with Crippen molar-refractivity contribution in [3.8, 4) is 0 Å². The highest BCUT2D eigenvalue weighted by Crippen LogP contribution is 2.28. The highest BCUT2D eigenvalue weighted by atomic mass is 32.1. The fraction of sp³-hybridized carbons (Fsp3) is 0.400. The molecule has 2 unspecified atom stereocenters. The number of nitrogens with one attached hydrogen (secondary N) is 1. The van der Waals surface area contributed by atoms with Crippen LogP contribution in [0, 0.1) is 11.7 Å². The minimum Gasteiger partial charge on any atom is -0.349 e. The van der Waals surface area contributed by atoms with E-state index >= 15 is 0 Å². The standard InChI is InChI=1S/C15H16FNOS/c1-9-2-5-12(6-9)17-15(18)14-7-10-3-4-11(16)8-13(10)19-14/h3-4,7-9,12H,2,5-6H2,1H3,(H,17,18). The monoisotopic (exact) mass is 277 g/mol. The van der Waals surface area contributed by atoms with Crippen LogP contribution in [0.1, 0.15) is 35.9 Å². The molecule has 0 aliphatic heterocycles. The van der Waals surface area contributed by atoms with Crippen molar-refractivity contribution in [2.45, 2.75) is 32.2 Å². The molecule has 100 valence electrons. The van der Waals surface area contributed by atoms with Crippen LogP contribution in [0.5, 0.6) is 0 Å². The van der Waals surface area contributed by atoms with E-state index in [9.17, 15) is 9.18 Å². The first-order valence-corrected chi connectivity index (χ1v) is 7.43. The van der Waals surface area contributed by atoms with E-state index in [2.05, 4.69) is 12.2 Å². The Morgan fingerprint density at radius 3 is 2.95 bits per heavy atom. The van der Waals surface area contributed by atoms with Gasteiger partial charge in [0.25, 0.3) is 5.91 Å². The molecule has 1 fully saturated rings. The van der Waals surface area contributed by atoms with Crippen molar-refractivity contribution in [2.75, 3.05) is 0 Å². The smallest absolute Gasteiger partial charge is 0.261 e. The molecular formula is C15H16FNOS. The van der Waals surface area contributed by atoms with Gasteiger partial charge in [-0.05, 0) is 48.8 Å². The van der Waals surface area contributed by atoms with Crippen molar-refractivity contribution >= 4 is 27.3 Å². The lowest BCUT2D eigenvalue weighted by Gasteiger charge is -2.11. The third-order valence-electron chi connectivity index (χ3n) is 3.74. The largest absolute Gasteiger partial charge is 0.349 e. The lowest BCUT2D eigenvalue weighted by Crippen LogP contribution is -2.32. The highest BCUT2D eigenvalue weighted by Gasteiger charge is 2.23. The summed E-state index contributed by atoms with van der Waals surface area (Å²) < 4.78 is 13.9. The maximum absolute atomic E-state index is 13.1. The maximum atomic E-state index is 13.1. The fourth-order valence-electron chi connectivity index (χ4n) is 2.71. The summed E-state index contributed by atoms with van der Waals surface area (Å²) in [7, 11) is 0. The zero-order chi connectivity index (χ0) is 13.4. The predicted octanol–water partition coefficient (Wildman–Crippen LogP) is 3.96. The lowest BCUT2D eigenvalue weighted by atomic mass is 10.1. The molecule has 0 bridgehead atoms. The zero-order valence-electron chi connectivity index (χ0n) is 10.8. The molecule has 1 saturated carbocycles. The predicted molar refractivity (Wildman–Crippen MR) is 76.1 cm³/mol. The Bertz CT molecular complexity index is 622. The third kappa shape index (κ3) is 2.63.